The minimum atomic E-state index is -0.925. The minimum Gasteiger partial charge on any atom is -0.446 e. The monoisotopic (exact) mass is 792 g/mol. The molecule has 8 amide bonds. The highest BCUT2D eigenvalue weighted by Crippen LogP contribution is 2.28. The van der Waals surface area contributed by atoms with Gasteiger partial charge in [0.05, 0.1) is 11.7 Å². The van der Waals surface area contributed by atoms with Gasteiger partial charge in [0, 0.05) is 61.5 Å². The molecule has 2 heterocycles. The Morgan fingerprint density at radius 3 is 1.58 bits per heavy atom. The molecule has 0 radical (unpaired) electrons. The molecule has 2 unspecified atom stereocenters. The van der Waals surface area contributed by atoms with E-state index in [0.717, 1.165) is 49.7 Å². The molecular formula is C42H60N6O9. The number of nitrogens with one attached hydrogen (secondary N) is 4. The molecule has 0 aliphatic carbocycles. The third kappa shape index (κ3) is 14.1. The summed E-state index contributed by atoms with van der Waals surface area (Å²) in [6.45, 7) is 15.4. The zero-order valence-corrected chi connectivity index (χ0v) is 34.7. The summed E-state index contributed by atoms with van der Waals surface area (Å²) in [5.74, 6) is -0.393. The number of anilines is 4. The predicted octanol–water partition coefficient (Wildman–Crippen LogP) is 9.10. The molecule has 2 fully saturated rings. The molecule has 0 aromatic heterocycles. The van der Waals surface area contributed by atoms with Crippen LogP contribution >= 0.6 is 0 Å². The van der Waals surface area contributed by atoms with E-state index < -0.39 is 41.6 Å². The SMILES string of the molecule is Cc1ccc(NC(=O)OC(C)CC(C)(C)OC(C)CC(C)(C)OC(=O)Nc2ccc(C)c(NC(=O)N3CCCCCC3=O)c2)cc1NC(=O)N1CCCCCC1=O. The van der Waals surface area contributed by atoms with Gasteiger partial charge in [-0.3, -0.25) is 30.0 Å². The van der Waals surface area contributed by atoms with Crippen LogP contribution < -0.4 is 21.3 Å². The van der Waals surface area contributed by atoms with Crippen LogP contribution in [0.25, 0.3) is 0 Å². The van der Waals surface area contributed by atoms with Gasteiger partial charge in [0.2, 0.25) is 11.8 Å². The Bertz CT molecular complexity index is 1790. The number of carbonyl (C=O) groups excluding carboxylic acids is 6. The molecule has 2 aliphatic heterocycles. The van der Waals surface area contributed by atoms with E-state index in [-0.39, 0.29) is 17.9 Å². The lowest BCUT2D eigenvalue weighted by Gasteiger charge is -2.34. The highest BCUT2D eigenvalue weighted by Gasteiger charge is 2.32. The van der Waals surface area contributed by atoms with Crippen LogP contribution in [-0.2, 0) is 23.8 Å². The number of rotatable bonds is 12. The van der Waals surface area contributed by atoms with Gasteiger partial charge in [-0.25, -0.2) is 19.2 Å². The lowest BCUT2D eigenvalue weighted by atomic mass is 9.98. The average Bonchev–Trinajstić information content (AvgIpc) is 3.45. The fraction of sp³-hybridized carbons (Fsp3) is 0.571. The molecule has 4 rings (SSSR count). The highest BCUT2D eigenvalue weighted by molar-refractivity contribution is 6.03. The summed E-state index contributed by atoms with van der Waals surface area (Å²) in [7, 11) is 0. The molecule has 57 heavy (non-hydrogen) atoms. The van der Waals surface area contributed by atoms with Crippen molar-refractivity contribution in [1.82, 2.24) is 9.80 Å². The topological polar surface area (TPSA) is 185 Å². The van der Waals surface area contributed by atoms with Gasteiger partial charge in [0.25, 0.3) is 0 Å². The number of ether oxygens (including phenoxy) is 3. The second-order valence-corrected chi connectivity index (χ2v) is 16.3. The molecule has 2 saturated heterocycles. The second kappa shape index (κ2) is 19.8. The van der Waals surface area contributed by atoms with E-state index in [2.05, 4.69) is 21.3 Å². The zero-order valence-electron chi connectivity index (χ0n) is 34.7. The normalized spacial score (nSPS) is 16.4. The Balaban J connectivity index is 1.23. The van der Waals surface area contributed by atoms with Crippen molar-refractivity contribution in [1.29, 1.82) is 0 Å². The molecule has 2 aromatic carbocycles. The predicted molar refractivity (Wildman–Crippen MR) is 218 cm³/mol. The standard InChI is InChI=1S/C42H60N6O9/c1-27-17-19-31(23-33(27)45-37(51)47-21-13-9-11-15-35(47)49)43-39(53)55-29(3)25-41(5,6)56-30(4)26-42(7,8)57-40(54)44-32-20-18-28(2)34(24-32)46-38(52)48-22-14-10-12-16-36(48)50/h17-20,23-24,29-30H,9-16,21-22,25-26H2,1-8H3,(H,43,53)(H,44,54)(H,45,51)(H,46,52). The van der Waals surface area contributed by atoms with E-state index in [1.165, 1.54) is 9.80 Å². The van der Waals surface area contributed by atoms with Gasteiger partial charge in [0.1, 0.15) is 11.7 Å². The van der Waals surface area contributed by atoms with Crippen molar-refractivity contribution in [3.05, 3.63) is 47.5 Å². The van der Waals surface area contributed by atoms with E-state index in [4.69, 9.17) is 14.2 Å². The molecule has 0 bridgehead atoms. The van der Waals surface area contributed by atoms with Gasteiger partial charge >= 0.3 is 24.2 Å². The van der Waals surface area contributed by atoms with Crippen molar-refractivity contribution in [2.24, 2.45) is 0 Å². The molecule has 2 atom stereocenters. The number of aryl methyl sites for hydroxylation is 2. The Labute approximate surface area is 335 Å². The maximum absolute atomic E-state index is 13.0. The van der Waals surface area contributed by atoms with Crippen LogP contribution in [0.4, 0.5) is 41.9 Å². The van der Waals surface area contributed by atoms with Crippen molar-refractivity contribution in [3.8, 4) is 0 Å². The Kier molecular flexibility index (Phi) is 15.5. The van der Waals surface area contributed by atoms with E-state index in [1.54, 1.807) is 57.2 Å². The van der Waals surface area contributed by atoms with Gasteiger partial charge in [0.15, 0.2) is 0 Å². The molecule has 4 N–H and O–H groups in total. The van der Waals surface area contributed by atoms with Gasteiger partial charge < -0.3 is 24.8 Å². The summed E-state index contributed by atoms with van der Waals surface area (Å²) in [5, 5.41) is 11.1. The lowest BCUT2D eigenvalue weighted by molar-refractivity contribution is -0.128. The number of amides is 8. The van der Waals surface area contributed by atoms with E-state index in [1.807, 2.05) is 34.6 Å². The van der Waals surface area contributed by atoms with Crippen LogP contribution in [0.1, 0.15) is 117 Å². The first kappa shape index (κ1) is 44.5. The van der Waals surface area contributed by atoms with Gasteiger partial charge in [-0.05, 0) is 116 Å². The summed E-state index contributed by atoms with van der Waals surface area (Å²) in [5.41, 5.74) is 1.68. The minimum absolute atomic E-state index is 0.196. The van der Waals surface area contributed by atoms with Crippen LogP contribution in [0.15, 0.2) is 36.4 Å². The number of likely N-dealkylation sites (tertiary alicyclic amines) is 2. The van der Waals surface area contributed by atoms with Crippen molar-refractivity contribution in [3.63, 3.8) is 0 Å². The van der Waals surface area contributed by atoms with Crippen LogP contribution in [0.5, 0.6) is 0 Å². The van der Waals surface area contributed by atoms with E-state index in [9.17, 15) is 28.8 Å². The number of nitrogens with zero attached hydrogens (tertiary/aromatic N) is 2. The van der Waals surface area contributed by atoms with Gasteiger partial charge in [-0.2, -0.15) is 0 Å². The Hall–Kier alpha value is -5.18. The average molecular weight is 793 g/mol. The largest absolute Gasteiger partial charge is 0.446 e. The van der Waals surface area contributed by atoms with E-state index >= 15 is 0 Å². The highest BCUT2D eigenvalue weighted by atomic mass is 16.6. The molecule has 0 saturated carbocycles. The molecule has 0 spiro atoms. The van der Waals surface area contributed by atoms with Gasteiger partial charge in [-0.1, -0.05) is 25.0 Å². The molecule has 15 nitrogen and oxygen atoms in total. The molecular weight excluding hydrogens is 732 g/mol. The number of hydrogen-bond acceptors (Lipinski definition) is 9. The molecule has 2 aliphatic rings. The fourth-order valence-electron chi connectivity index (χ4n) is 7.26. The number of benzene rings is 2. The first-order valence-corrected chi connectivity index (χ1v) is 19.9. The van der Waals surface area contributed by atoms with Crippen LogP contribution in [0.3, 0.4) is 0 Å². The fourth-order valence-corrected chi connectivity index (χ4v) is 7.26. The first-order valence-electron chi connectivity index (χ1n) is 19.9. The quantitative estimate of drug-likeness (QED) is 0.163. The Morgan fingerprint density at radius 2 is 1.09 bits per heavy atom. The summed E-state index contributed by atoms with van der Waals surface area (Å²) < 4.78 is 17.8. The maximum Gasteiger partial charge on any atom is 0.412 e. The number of hydrogen-bond donors (Lipinski definition) is 4. The smallest absolute Gasteiger partial charge is 0.412 e. The summed E-state index contributed by atoms with van der Waals surface area (Å²) in [4.78, 5) is 78.9. The Morgan fingerprint density at radius 1 is 0.632 bits per heavy atom. The summed E-state index contributed by atoms with van der Waals surface area (Å²) in [6.07, 6.45) is 4.04. The third-order valence-electron chi connectivity index (χ3n) is 9.84. The second-order valence-electron chi connectivity index (χ2n) is 16.3. The van der Waals surface area contributed by atoms with Crippen LogP contribution in [-0.4, -0.2) is 82.4 Å². The van der Waals surface area contributed by atoms with E-state index in [0.29, 0.717) is 61.5 Å². The summed E-state index contributed by atoms with van der Waals surface area (Å²) >= 11 is 0. The molecule has 15 heteroatoms. The van der Waals surface area contributed by atoms with Crippen molar-refractivity contribution in [2.45, 2.75) is 143 Å². The number of imide groups is 2. The summed E-state index contributed by atoms with van der Waals surface area (Å²) in [6, 6.07) is 9.19. The lowest BCUT2D eigenvalue weighted by Crippen LogP contribution is -2.39. The third-order valence-corrected chi connectivity index (χ3v) is 9.84. The van der Waals surface area contributed by atoms with Crippen molar-refractivity contribution < 1.29 is 43.0 Å². The van der Waals surface area contributed by atoms with Crippen molar-refractivity contribution in [2.75, 3.05) is 34.4 Å². The van der Waals surface area contributed by atoms with Crippen LogP contribution in [0.2, 0.25) is 0 Å². The van der Waals surface area contributed by atoms with Crippen molar-refractivity contribution >= 4 is 58.8 Å². The number of carbonyl (C=O) groups is 6. The maximum atomic E-state index is 13.0. The van der Waals surface area contributed by atoms with Crippen LogP contribution in [0, 0.1) is 13.8 Å². The first-order chi connectivity index (χ1) is 26.8. The van der Waals surface area contributed by atoms with Gasteiger partial charge in [-0.15, -0.1) is 0 Å². The zero-order chi connectivity index (χ0) is 41.9. The number of urea groups is 2. The molecule has 312 valence electrons. The molecule has 2 aromatic rings.